The first-order valence-electron chi connectivity index (χ1n) is 5.06. The van der Waals surface area contributed by atoms with E-state index < -0.39 is 0 Å². The average Bonchev–Trinajstić information content (AvgIpc) is 2.61. The predicted octanol–water partition coefficient (Wildman–Crippen LogP) is 2.74. The van der Waals surface area contributed by atoms with Crippen molar-refractivity contribution in [1.82, 2.24) is 15.0 Å². The molecule has 1 aromatic carbocycles. The molecule has 0 aliphatic rings. The maximum atomic E-state index is 5.81. The molecule has 0 saturated heterocycles. The molecule has 5 heteroatoms. The smallest absolute Gasteiger partial charge is 0.169 e. The molecule has 0 radical (unpaired) electrons. The van der Waals surface area contributed by atoms with Gasteiger partial charge in [0.15, 0.2) is 5.82 Å². The van der Waals surface area contributed by atoms with Crippen molar-refractivity contribution in [1.29, 1.82) is 0 Å². The fraction of sp³-hybridized carbons (Fsp3) is 0.273. The van der Waals surface area contributed by atoms with Crippen LogP contribution < -0.4 is 5.73 Å². The molecule has 2 N–H and O–H groups in total. The Hall–Kier alpha value is -1.36. The molecule has 0 fully saturated rings. The van der Waals surface area contributed by atoms with E-state index in [4.69, 9.17) is 5.73 Å². The molecule has 0 aliphatic heterocycles. The van der Waals surface area contributed by atoms with Crippen LogP contribution in [0.3, 0.4) is 0 Å². The van der Waals surface area contributed by atoms with E-state index in [1.165, 1.54) is 0 Å². The second-order valence-electron chi connectivity index (χ2n) is 3.90. The van der Waals surface area contributed by atoms with Crippen LogP contribution in [-0.4, -0.2) is 15.0 Å². The van der Waals surface area contributed by atoms with E-state index in [9.17, 15) is 0 Å². The normalized spacial score (nSPS) is 11.0. The average molecular weight is 281 g/mol. The van der Waals surface area contributed by atoms with E-state index in [1.807, 2.05) is 24.3 Å². The van der Waals surface area contributed by atoms with E-state index >= 15 is 0 Å². The van der Waals surface area contributed by atoms with Crippen LogP contribution >= 0.6 is 15.9 Å². The van der Waals surface area contributed by atoms with Crippen molar-refractivity contribution >= 4 is 21.7 Å². The fourth-order valence-electron chi connectivity index (χ4n) is 1.61. The quantitative estimate of drug-likeness (QED) is 0.920. The molecule has 0 amide bonds. The summed E-state index contributed by atoms with van der Waals surface area (Å²) >= 11 is 3.40. The number of halogens is 1. The minimum absolute atomic E-state index is 0.290. The van der Waals surface area contributed by atoms with Gasteiger partial charge < -0.3 is 5.73 Å². The summed E-state index contributed by atoms with van der Waals surface area (Å²) in [5, 5.41) is 7.98. The van der Waals surface area contributed by atoms with E-state index in [-0.39, 0.29) is 0 Å². The molecule has 1 heterocycles. The number of rotatable bonds is 2. The van der Waals surface area contributed by atoms with E-state index in [0.717, 1.165) is 15.9 Å². The Morgan fingerprint density at radius 3 is 2.44 bits per heavy atom. The van der Waals surface area contributed by atoms with Crippen molar-refractivity contribution in [2.24, 2.45) is 0 Å². The topological polar surface area (TPSA) is 56.7 Å². The second-order valence-corrected chi connectivity index (χ2v) is 4.82. The van der Waals surface area contributed by atoms with Crippen LogP contribution in [0.5, 0.6) is 0 Å². The van der Waals surface area contributed by atoms with Crippen LogP contribution in [0, 0.1) is 0 Å². The summed E-state index contributed by atoms with van der Waals surface area (Å²) in [6, 6.07) is 7.89. The van der Waals surface area contributed by atoms with Gasteiger partial charge in [0.25, 0.3) is 0 Å². The van der Waals surface area contributed by atoms with Crippen LogP contribution in [0.2, 0.25) is 0 Å². The third kappa shape index (κ3) is 1.95. The van der Waals surface area contributed by atoms with Gasteiger partial charge in [0.1, 0.15) is 0 Å². The maximum Gasteiger partial charge on any atom is 0.169 e. The molecular formula is C11H13BrN4. The summed E-state index contributed by atoms with van der Waals surface area (Å²) in [6.45, 7) is 4.15. The third-order valence-electron chi connectivity index (χ3n) is 2.35. The van der Waals surface area contributed by atoms with Crippen LogP contribution in [0.4, 0.5) is 5.82 Å². The summed E-state index contributed by atoms with van der Waals surface area (Å²) in [5.74, 6) is 0.788. The molecule has 2 rings (SSSR count). The van der Waals surface area contributed by atoms with Crippen molar-refractivity contribution in [3.05, 3.63) is 34.4 Å². The highest BCUT2D eigenvalue weighted by Crippen LogP contribution is 2.23. The van der Waals surface area contributed by atoms with Gasteiger partial charge in [-0.3, -0.25) is 0 Å². The van der Waals surface area contributed by atoms with E-state index in [1.54, 1.807) is 4.68 Å². The van der Waals surface area contributed by atoms with Gasteiger partial charge in [0, 0.05) is 4.47 Å². The van der Waals surface area contributed by atoms with Crippen molar-refractivity contribution in [3.63, 3.8) is 0 Å². The fourth-order valence-corrected chi connectivity index (χ4v) is 1.88. The molecule has 0 spiro atoms. The molecule has 0 atom stereocenters. The minimum atomic E-state index is 0.290. The standard InChI is InChI=1S/C11H13BrN4/c1-7(2)10-11(13)14-15-16(10)9-5-3-8(12)4-6-9/h3-7H,13H2,1-2H3. The first-order valence-corrected chi connectivity index (χ1v) is 5.86. The van der Waals surface area contributed by atoms with Gasteiger partial charge in [0.05, 0.1) is 11.4 Å². The van der Waals surface area contributed by atoms with Gasteiger partial charge in [-0.15, -0.1) is 5.10 Å². The lowest BCUT2D eigenvalue weighted by molar-refractivity contribution is 0.716. The summed E-state index contributed by atoms with van der Waals surface area (Å²) in [5.41, 5.74) is 7.72. The van der Waals surface area contributed by atoms with Crippen molar-refractivity contribution in [2.45, 2.75) is 19.8 Å². The monoisotopic (exact) mass is 280 g/mol. The highest BCUT2D eigenvalue weighted by atomic mass is 79.9. The summed E-state index contributed by atoms with van der Waals surface area (Å²) in [7, 11) is 0. The number of nitrogens with zero attached hydrogens (tertiary/aromatic N) is 3. The molecule has 0 aliphatic carbocycles. The van der Waals surface area contributed by atoms with Gasteiger partial charge >= 0.3 is 0 Å². The van der Waals surface area contributed by atoms with Crippen LogP contribution in [0.25, 0.3) is 5.69 Å². The van der Waals surface area contributed by atoms with Gasteiger partial charge in [-0.25, -0.2) is 4.68 Å². The van der Waals surface area contributed by atoms with Gasteiger partial charge in [-0.05, 0) is 30.2 Å². The number of benzene rings is 1. The van der Waals surface area contributed by atoms with Gasteiger partial charge in [0.2, 0.25) is 0 Å². The van der Waals surface area contributed by atoms with Crippen molar-refractivity contribution < 1.29 is 0 Å². The summed E-state index contributed by atoms with van der Waals surface area (Å²) < 4.78 is 2.82. The Balaban J connectivity index is 2.52. The maximum absolute atomic E-state index is 5.81. The molecule has 0 bridgehead atoms. The Kier molecular flexibility index (Phi) is 2.96. The highest BCUT2D eigenvalue weighted by molar-refractivity contribution is 9.10. The zero-order valence-electron chi connectivity index (χ0n) is 9.18. The van der Waals surface area contributed by atoms with Gasteiger partial charge in [-0.2, -0.15) is 0 Å². The molecule has 0 saturated carbocycles. The molecular weight excluding hydrogens is 268 g/mol. The number of anilines is 1. The number of hydrogen-bond acceptors (Lipinski definition) is 3. The second kappa shape index (κ2) is 4.25. The number of aromatic nitrogens is 3. The first-order chi connectivity index (χ1) is 7.59. The molecule has 2 aromatic rings. The Morgan fingerprint density at radius 2 is 1.88 bits per heavy atom. The molecule has 4 nitrogen and oxygen atoms in total. The SMILES string of the molecule is CC(C)c1c(N)nnn1-c1ccc(Br)cc1. The van der Waals surface area contributed by atoms with Crippen LogP contribution in [0.15, 0.2) is 28.7 Å². The Labute approximate surface area is 103 Å². The highest BCUT2D eigenvalue weighted by Gasteiger charge is 2.14. The van der Waals surface area contributed by atoms with Crippen LogP contribution in [-0.2, 0) is 0 Å². The van der Waals surface area contributed by atoms with Gasteiger partial charge in [-0.1, -0.05) is 35.0 Å². The molecule has 1 aromatic heterocycles. The largest absolute Gasteiger partial charge is 0.381 e. The minimum Gasteiger partial charge on any atom is -0.381 e. The first kappa shape index (κ1) is 11.1. The lowest BCUT2D eigenvalue weighted by Gasteiger charge is -2.09. The molecule has 16 heavy (non-hydrogen) atoms. The van der Waals surface area contributed by atoms with E-state index in [0.29, 0.717) is 11.7 Å². The van der Waals surface area contributed by atoms with E-state index in [2.05, 4.69) is 40.1 Å². The number of nitrogen functional groups attached to an aromatic ring is 1. The molecule has 0 unspecified atom stereocenters. The summed E-state index contributed by atoms with van der Waals surface area (Å²) in [6.07, 6.45) is 0. The lowest BCUT2D eigenvalue weighted by atomic mass is 10.1. The lowest BCUT2D eigenvalue weighted by Crippen LogP contribution is -2.05. The predicted molar refractivity (Wildman–Crippen MR) is 67.6 cm³/mol. The zero-order chi connectivity index (χ0) is 11.7. The Morgan fingerprint density at radius 1 is 1.25 bits per heavy atom. The summed E-state index contributed by atoms with van der Waals surface area (Å²) in [4.78, 5) is 0. The number of hydrogen-bond donors (Lipinski definition) is 1. The molecule has 84 valence electrons. The zero-order valence-corrected chi connectivity index (χ0v) is 10.8. The van der Waals surface area contributed by atoms with Crippen LogP contribution in [0.1, 0.15) is 25.5 Å². The van der Waals surface area contributed by atoms with Crippen molar-refractivity contribution in [2.75, 3.05) is 5.73 Å². The van der Waals surface area contributed by atoms with Crippen molar-refractivity contribution in [3.8, 4) is 5.69 Å². The number of nitrogens with two attached hydrogens (primary N) is 1. The Bertz CT molecular complexity index is 487. The third-order valence-corrected chi connectivity index (χ3v) is 2.88.